The highest BCUT2D eigenvalue weighted by Crippen LogP contribution is 2.20. The van der Waals surface area contributed by atoms with Crippen molar-refractivity contribution in [3.05, 3.63) is 46.8 Å². The Morgan fingerprint density at radius 1 is 1.21 bits per heavy atom. The molecule has 8 heteroatoms. The Hall–Kier alpha value is -1.81. The van der Waals surface area contributed by atoms with E-state index in [1.807, 2.05) is 30.9 Å². The first-order valence-electron chi connectivity index (χ1n) is 11.7. The number of halogens is 1. The summed E-state index contributed by atoms with van der Waals surface area (Å²) < 4.78 is 7.22. The van der Waals surface area contributed by atoms with E-state index in [1.54, 1.807) is 7.11 Å². The number of hydrogen-bond acceptors (Lipinski definition) is 4. The third-order valence-electron chi connectivity index (χ3n) is 6.61. The highest BCUT2D eigenvalue weighted by atomic mass is 127. The first-order valence-corrected chi connectivity index (χ1v) is 11.7. The van der Waals surface area contributed by atoms with E-state index < -0.39 is 0 Å². The van der Waals surface area contributed by atoms with E-state index in [1.165, 1.54) is 29.7 Å². The molecule has 33 heavy (non-hydrogen) atoms. The zero-order valence-corrected chi connectivity index (χ0v) is 23.3. The number of likely N-dealkylation sites (tertiary alicyclic amines) is 1. The maximum absolute atomic E-state index is 5.25. The molecular weight excluding hydrogens is 527 g/mol. The third kappa shape index (κ3) is 7.88. The predicted octanol–water partition coefficient (Wildman–Crippen LogP) is 3.67. The van der Waals surface area contributed by atoms with Crippen LogP contribution in [-0.2, 0) is 20.0 Å². The van der Waals surface area contributed by atoms with Gasteiger partial charge in [0.25, 0.3) is 0 Å². The van der Waals surface area contributed by atoms with E-state index in [-0.39, 0.29) is 30.0 Å². The molecule has 184 valence electrons. The highest BCUT2D eigenvalue weighted by molar-refractivity contribution is 14.0. The van der Waals surface area contributed by atoms with Crippen LogP contribution in [0.2, 0.25) is 0 Å². The average molecular weight is 569 g/mol. The minimum absolute atomic E-state index is 0. The number of rotatable bonds is 8. The Kier molecular flexibility index (Phi) is 11.0. The Morgan fingerprint density at radius 3 is 2.42 bits per heavy atom. The largest absolute Gasteiger partial charge is 0.497 e. The molecule has 0 aliphatic carbocycles. The third-order valence-corrected chi connectivity index (χ3v) is 6.61. The first-order chi connectivity index (χ1) is 15.4. The fourth-order valence-electron chi connectivity index (χ4n) is 4.48. The lowest BCUT2D eigenvalue weighted by molar-refractivity contribution is 0.178. The molecule has 3 rings (SSSR count). The van der Waals surface area contributed by atoms with Crippen molar-refractivity contribution in [1.82, 2.24) is 25.3 Å². The minimum Gasteiger partial charge on any atom is -0.497 e. The van der Waals surface area contributed by atoms with E-state index in [0.717, 1.165) is 50.0 Å². The number of nitrogens with one attached hydrogen (secondary N) is 2. The smallest absolute Gasteiger partial charge is 0.191 e. The summed E-state index contributed by atoms with van der Waals surface area (Å²) in [6.45, 7) is 10.7. The van der Waals surface area contributed by atoms with Gasteiger partial charge in [0.15, 0.2) is 5.96 Å². The zero-order chi connectivity index (χ0) is 23.1. The Bertz CT molecular complexity index is 887. The Morgan fingerprint density at radius 2 is 1.88 bits per heavy atom. The van der Waals surface area contributed by atoms with Gasteiger partial charge >= 0.3 is 0 Å². The zero-order valence-electron chi connectivity index (χ0n) is 21.0. The quantitative estimate of drug-likeness (QED) is 0.289. The van der Waals surface area contributed by atoms with Crippen molar-refractivity contribution in [1.29, 1.82) is 0 Å². The summed E-state index contributed by atoms with van der Waals surface area (Å²) in [5.74, 6) is 2.48. The molecule has 0 spiro atoms. The number of methoxy groups -OCH3 is 1. The maximum atomic E-state index is 5.25. The van der Waals surface area contributed by atoms with Crippen molar-refractivity contribution in [2.75, 3.05) is 33.8 Å². The Balaban J connectivity index is 0.00000385. The van der Waals surface area contributed by atoms with Gasteiger partial charge in [0.1, 0.15) is 5.75 Å². The van der Waals surface area contributed by atoms with Gasteiger partial charge in [-0.15, -0.1) is 24.0 Å². The van der Waals surface area contributed by atoms with Crippen LogP contribution >= 0.6 is 24.0 Å². The fraction of sp³-hybridized carbons (Fsp3) is 0.600. The molecule has 2 N–H and O–H groups in total. The lowest BCUT2D eigenvalue weighted by Crippen LogP contribution is -2.46. The average Bonchev–Trinajstić information content (AvgIpc) is 3.04. The van der Waals surface area contributed by atoms with Gasteiger partial charge < -0.3 is 15.4 Å². The summed E-state index contributed by atoms with van der Waals surface area (Å²) in [4.78, 5) is 6.99. The number of nitrogens with zero attached hydrogens (tertiary/aromatic N) is 4. The standard InChI is InChI=1S/C25H40N6O.HI/c1-18(15-24-19(2)29-30(5)20(24)3)28-25(26-4)27-16-21-11-13-31(14-12-21)17-22-7-9-23(32-6)10-8-22;/h7-10,18,21H,11-17H2,1-6H3,(H2,26,27,28);1H. The molecule has 2 aromatic rings. The monoisotopic (exact) mass is 568 g/mol. The first kappa shape index (κ1) is 27.4. The van der Waals surface area contributed by atoms with Gasteiger partial charge in [-0.25, -0.2) is 0 Å². The number of benzene rings is 1. The van der Waals surface area contributed by atoms with Crippen LogP contribution in [0.15, 0.2) is 29.3 Å². The van der Waals surface area contributed by atoms with E-state index >= 15 is 0 Å². The van der Waals surface area contributed by atoms with Crippen molar-refractivity contribution in [3.8, 4) is 5.75 Å². The lowest BCUT2D eigenvalue weighted by atomic mass is 9.96. The van der Waals surface area contributed by atoms with Gasteiger partial charge in [0.2, 0.25) is 0 Å². The molecule has 1 fully saturated rings. The molecule has 1 aromatic carbocycles. The summed E-state index contributed by atoms with van der Waals surface area (Å²) in [6.07, 6.45) is 3.36. The molecule has 1 aliphatic rings. The second-order valence-electron chi connectivity index (χ2n) is 9.04. The van der Waals surface area contributed by atoms with Crippen LogP contribution in [0.25, 0.3) is 0 Å². The molecular formula is C25H41IN6O. The highest BCUT2D eigenvalue weighted by Gasteiger charge is 2.20. The van der Waals surface area contributed by atoms with Crippen molar-refractivity contribution < 1.29 is 4.74 Å². The van der Waals surface area contributed by atoms with Gasteiger partial charge in [-0.1, -0.05) is 12.1 Å². The van der Waals surface area contributed by atoms with Gasteiger partial charge in [0.05, 0.1) is 12.8 Å². The number of guanidine groups is 1. The van der Waals surface area contributed by atoms with Crippen molar-refractivity contribution in [2.45, 2.75) is 52.6 Å². The summed E-state index contributed by atoms with van der Waals surface area (Å²) >= 11 is 0. The van der Waals surface area contributed by atoms with E-state index in [4.69, 9.17) is 4.74 Å². The van der Waals surface area contributed by atoms with Crippen LogP contribution in [-0.4, -0.2) is 60.5 Å². The van der Waals surface area contributed by atoms with Crippen LogP contribution in [0.5, 0.6) is 5.75 Å². The number of ether oxygens (including phenoxy) is 1. The van der Waals surface area contributed by atoms with Crippen LogP contribution in [0.1, 0.15) is 42.3 Å². The molecule has 1 unspecified atom stereocenters. The molecule has 2 heterocycles. The van der Waals surface area contributed by atoms with E-state index in [9.17, 15) is 0 Å². The van der Waals surface area contributed by atoms with Gasteiger partial charge in [-0.3, -0.25) is 14.6 Å². The molecule has 7 nitrogen and oxygen atoms in total. The van der Waals surface area contributed by atoms with Gasteiger partial charge in [-0.2, -0.15) is 5.10 Å². The van der Waals surface area contributed by atoms with Crippen LogP contribution in [0.3, 0.4) is 0 Å². The van der Waals surface area contributed by atoms with E-state index in [2.05, 4.69) is 58.5 Å². The Labute approximate surface area is 216 Å². The van der Waals surface area contributed by atoms with Crippen molar-refractivity contribution >= 4 is 29.9 Å². The van der Waals surface area contributed by atoms with Crippen molar-refractivity contribution in [2.24, 2.45) is 18.0 Å². The second-order valence-corrected chi connectivity index (χ2v) is 9.04. The summed E-state index contributed by atoms with van der Waals surface area (Å²) in [6, 6.07) is 8.70. The number of hydrogen-bond donors (Lipinski definition) is 2. The molecule has 0 saturated carbocycles. The predicted molar refractivity (Wildman–Crippen MR) is 147 cm³/mol. The lowest BCUT2D eigenvalue weighted by Gasteiger charge is -2.32. The normalized spacial score (nSPS) is 16.2. The molecule has 0 radical (unpaired) electrons. The topological polar surface area (TPSA) is 66.7 Å². The molecule has 1 saturated heterocycles. The molecule has 0 bridgehead atoms. The van der Waals surface area contributed by atoms with E-state index in [0.29, 0.717) is 5.92 Å². The number of aliphatic imine (C=N–C) groups is 1. The second kappa shape index (κ2) is 13.2. The maximum Gasteiger partial charge on any atom is 0.191 e. The number of aryl methyl sites for hydroxylation is 2. The van der Waals surface area contributed by atoms with Gasteiger partial charge in [-0.05, 0) is 82.3 Å². The summed E-state index contributed by atoms with van der Waals surface area (Å²) in [5.41, 5.74) is 5.02. The number of piperidine rings is 1. The molecule has 1 aliphatic heterocycles. The molecule has 1 aromatic heterocycles. The minimum atomic E-state index is 0. The van der Waals surface area contributed by atoms with Gasteiger partial charge in [0, 0.05) is 38.9 Å². The van der Waals surface area contributed by atoms with Crippen LogP contribution in [0.4, 0.5) is 0 Å². The SMILES string of the molecule is CN=C(NCC1CCN(Cc2ccc(OC)cc2)CC1)NC(C)Cc1c(C)nn(C)c1C.I. The van der Waals surface area contributed by atoms with Crippen LogP contribution in [0, 0.1) is 19.8 Å². The molecule has 1 atom stereocenters. The van der Waals surface area contributed by atoms with Crippen LogP contribution < -0.4 is 15.4 Å². The number of aromatic nitrogens is 2. The van der Waals surface area contributed by atoms with Crippen molar-refractivity contribution in [3.63, 3.8) is 0 Å². The summed E-state index contributed by atoms with van der Waals surface area (Å²) in [7, 11) is 5.56. The fourth-order valence-corrected chi connectivity index (χ4v) is 4.48. The summed E-state index contributed by atoms with van der Waals surface area (Å²) in [5, 5.41) is 11.6. The molecule has 0 amide bonds.